The summed E-state index contributed by atoms with van der Waals surface area (Å²) in [7, 11) is 0. The maximum absolute atomic E-state index is 4.69. The first-order valence-electron chi connectivity index (χ1n) is 9.33. The van der Waals surface area contributed by atoms with Crippen LogP contribution in [0.5, 0.6) is 0 Å². The Morgan fingerprint density at radius 3 is 2.96 bits per heavy atom. The Balaban J connectivity index is 1.51. The lowest BCUT2D eigenvalue weighted by Crippen LogP contribution is -2.35. The largest absolute Gasteiger partial charge is 0.370 e. The molecule has 1 unspecified atom stereocenters. The van der Waals surface area contributed by atoms with Crippen LogP contribution in [0, 0.1) is 6.92 Å². The molecule has 5 rings (SSSR count). The molecule has 0 radical (unpaired) electrons. The van der Waals surface area contributed by atoms with Crippen molar-refractivity contribution in [1.82, 2.24) is 19.7 Å². The second-order valence-corrected chi connectivity index (χ2v) is 7.31. The predicted octanol–water partition coefficient (Wildman–Crippen LogP) is 3.46. The fourth-order valence-corrected chi connectivity index (χ4v) is 4.43. The van der Waals surface area contributed by atoms with E-state index in [4.69, 9.17) is 4.98 Å². The summed E-state index contributed by atoms with van der Waals surface area (Å²) < 4.78 is 2.37. The van der Waals surface area contributed by atoms with Crippen molar-refractivity contribution in [3.8, 4) is 0 Å². The molecule has 128 valence electrons. The molecule has 3 aromatic rings. The summed E-state index contributed by atoms with van der Waals surface area (Å²) in [5, 5.41) is 10.2. The topological polar surface area (TPSA) is 46.8 Å². The van der Waals surface area contributed by atoms with Crippen LogP contribution in [0.3, 0.4) is 0 Å². The van der Waals surface area contributed by atoms with Crippen LogP contribution in [0.25, 0.3) is 10.9 Å². The lowest BCUT2D eigenvalue weighted by Gasteiger charge is -2.34. The van der Waals surface area contributed by atoms with Crippen molar-refractivity contribution in [2.24, 2.45) is 0 Å². The summed E-state index contributed by atoms with van der Waals surface area (Å²) in [5.41, 5.74) is 3.48. The van der Waals surface area contributed by atoms with Crippen molar-refractivity contribution in [2.45, 2.75) is 45.1 Å². The highest BCUT2D eigenvalue weighted by Crippen LogP contribution is 2.34. The monoisotopic (exact) mass is 333 g/mol. The van der Waals surface area contributed by atoms with E-state index in [1.807, 2.05) is 0 Å². The van der Waals surface area contributed by atoms with Crippen molar-refractivity contribution in [3.05, 3.63) is 47.7 Å². The zero-order valence-electron chi connectivity index (χ0n) is 14.6. The average Bonchev–Trinajstić information content (AvgIpc) is 3.24. The second kappa shape index (κ2) is 5.83. The molecule has 1 atom stereocenters. The Bertz CT molecular complexity index is 929. The SMILES string of the molecule is Cc1cc(N2CCCC(c3nnc4n3CCC4)C2)c2ccccc2n1. The number of para-hydroxylation sites is 1. The average molecular weight is 333 g/mol. The van der Waals surface area contributed by atoms with E-state index in [1.54, 1.807) is 0 Å². The van der Waals surface area contributed by atoms with Gasteiger partial charge in [-0.15, -0.1) is 10.2 Å². The fraction of sp³-hybridized carbons (Fsp3) is 0.450. The Hall–Kier alpha value is -2.43. The maximum atomic E-state index is 4.69. The predicted molar refractivity (Wildman–Crippen MR) is 99.0 cm³/mol. The highest BCUT2D eigenvalue weighted by molar-refractivity contribution is 5.92. The van der Waals surface area contributed by atoms with Crippen molar-refractivity contribution >= 4 is 16.6 Å². The summed E-state index contributed by atoms with van der Waals surface area (Å²) in [6, 6.07) is 10.7. The van der Waals surface area contributed by atoms with Gasteiger partial charge in [0.1, 0.15) is 11.6 Å². The van der Waals surface area contributed by atoms with Gasteiger partial charge in [0.25, 0.3) is 0 Å². The molecule has 25 heavy (non-hydrogen) atoms. The molecule has 0 saturated carbocycles. The number of hydrogen-bond donors (Lipinski definition) is 0. The van der Waals surface area contributed by atoms with Crippen LogP contribution < -0.4 is 4.90 Å². The first-order valence-corrected chi connectivity index (χ1v) is 9.33. The number of benzene rings is 1. The molecule has 5 heteroatoms. The summed E-state index contributed by atoms with van der Waals surface area (Å²) in [5.74, 6) is 2.85. The second-order valence-electron chi connectivity index (χ2n) is 7.31. The third kappa shape index (κ3) is 2.49. The fourth-order valence-electron chi connectivity index (χ4n) is 4.43. The van der Waals surface area contributed by atoms with E-state index in [1.165, 1.54) is 42.0 Å². The van der Waals surface area contributed by atoms with Gasteiger partial charge in [-0.25, -0.2) is 0 Å². The Morgan fingerprint density at radius 1 is 1.08 bits per heavy atom. The normalized spacial score (nSPS) is 20.2. The summed E-state index contributed by atoms with van der Waals surface area (Å²) in [6.45, 7) is 5.30. The minimum atomic E-state index is 0.473. The Morgan fingerprint density at radius 2 is 2.00 bits per heavy atom. The van der Waals surface area contributed by atoms with Gasteiger partial charge >= 0.3 is 0 Å². The highest BCUT2D eigenvalue weighted by atomic mass is 15.3. The molecule has 4 heterocycles. The lowest BCUT2D eigenvalue weighted by molar-refractivity contribution is 0.473. The highest BCUT2D eigenvalue weighted by Gasteiger charge is 2.29. The molecule has 0 aliphatic carbocycles. The van der Waals surface area contributed by atoms with E-state index >= 15 is 0 Å². The molecule has 2 aliphatic heterocycles. The van der Waals surface area contributed by atoms with Gasteiger partial charge in [0, 0.05) is 48.7 Å². The third-order valence-corrected chi connectivity index (χ3v) is 5.59. The van der Waals surface area contributed by atoms with Crippen LogP contribution in [0.2, 0.25) is 0 Å². The van der Waals surface area contributed by atoms with Crippen molar-refractivity contribution in [1.29, 1.82) is 0 Å². The van der Waals surface area contributed by atoms with Crippen LogP contribution in [0.1, 0.15) is 42.5 Å². The van der Waals surface area contributed by atoms with Crippen LogP contribution in [-0.2, 0) is 13.0 Å². The number of pyridine rings is 1. The van der Waals surface area contributed by atoms with Crippen molar-refractivity contribution in [3.63, 3.8) is 0 Å². The van der Waals surface area contributed by atoms with E-state index in [-0.39, 0.29) is 0 Å². The Labute approximate surface area is 147 Å². The molecular formula is C20H23N5. The molecule has 5 nitrogen and oxygen atoms in total. The molecule has 1 aromatic carbocycles. The van der Waals surface area contributed by atoms with Crippen LogP contribution in [0.4, 0.5) is 5.69 Å². The number of rotatable bonds is 2. The van der Waals surface area contributed by atoms with Gasteiger partial charge in [-0.2, -0.15) is 0 Å². The molecule has 2 aliphatic rings. The third-order valence-electron chi connectivity index (χ3n) is 5.59. The number of anilines is 1. The van der Waals surface area contributed by atoms with E-state index in [0.717, 1.165) is 37.3 Å². The molecule has 0 amide bonds. The van der Waals surface area contributed by atoms with Gasteiger partial charge in [-0.3, -0.25) is 4.98 Å². The maximum Gasteiger partial charge on any atom is 0.137 e. The summed E-state index contributed by atoms with van der Waals surface area (Å²) >= 11 is 0. The molecule has 0 N–H and O–H groups in total. The zero-order valence-corrected chi connectivity index (χ0v) is 14.6. The first kappa shape index (κ1) is 14.9. The number of hydrogen-bond acceptors (Lipinski definition) is 4. The van der Waals surface area contributed by atoms with Gasteiger partial charge in [0.05, 0.1) is 5.52 Å². The van der Waals surface area contributed by atoms with Gasteiger partial charge in [-0.05, 0) is 38.3 Å². The molecule has 1 saturated heterocycles. The molecule has 0 spiro atoms. The molecular weight excluding hydrogens is 310 g/mol. The van der Waals surface area contributed by atoms with Crippen molar-refractivity contribution < 1.29 is 0 Å². The number of aryl methyl sites for hydroxylation is 2. The van der Waals surface area contributed by atoms with Crippen LogP contribution in [0.15, 0.2) is 30.3 Å². The number of piperidine rings is 1. The van der Waals surface area contributed by atoms with Gasteiger partial charge in [0.2, 0.25) is 0 Å². The molecule has 2 aromatic heterocycles. The van der Waals surface area contributed by atoms with Crippen LogP contribution in [-0.4, -0.2) is 32.8 Å². The van der Waals surface area contributed by atoms with Crippen molar-refractivity contribution in [2.75, 3.05) is 18.0 Å². The summed E-state index contributed by atoms with van der Waals surface area (Å²) in [6.07, 6.45) is 4.69. The zero-order chi connectivity index (χ0) is 16.8. The standard InChI is InChI=1S/C20H23N5/c1-14-12-18(16-7-2-3-8-17(16)21-14)24-10-4-6-15(13-24)20-23-22-19-9-5-11-25(19)20/h2-3,7-8,12,15H,4-6,9-11,13H2,1H3. The van der Waals surface area contributed by atoms with Gasteiger partial charge in [-0.1, -0.05) is 18.2 Å². The van der Waals surface area contributed by atoms with E-state index < -0.39 is 0 Å². The summed E-state index contributed by atoms with van der Waals surface area (Å²) in [4.78, 5) is 7.22. The van der Waals surface area contributed by atoms with Gasteiger partial charge in [0.15, 0.2) is 0 Å². The minimum absolute atomic E-state index is 0.473. The number of fused-ring (bicyclic) bond motifs is 2. The van der Waals surface area contributed by atoms with Gasteiger partial charge < -0.3 is 9.47 Å². The lowest BCUT2D eigenvalue weighted by atomic mass is 9.96. The Kier molecular flexibility index (Phi) is 3.47. The number of nitrogens with zero attached hydrogens (tertiary/aromatic N) is 5. The smallest absolute Gasteiger partial charge is 0.137 e. The quantitative estimate of drug-likeness (QED) is 0.720. The molecule has 0 bridgehead atoms. The number of aromatic nitrogens is 4. The first-order chi connectivity index (χ1) is 12.3. The van der Waals surface area contributed by atoms with Crippen LogP contribution >= 0.6 is 0 Å². The van der Waals surface area contributed by atoms with E-state index in [9.17, 15) is 0 Å². The minimum Gasteiger partial charge on any atom is -0.370 e. The van der Waals surface area contributed by atoms with E-state index in [0.29, 0.717) is 5.92 Å². The van der Waals surface area contributed by atoms with E-state index in [2.05, 4.69) is 56.9 Å². The molecule has 1 fully saturated rings.